The highest BCUT2D eigenvalue weighted by Crippen LogP contribution is 2.24. The molecule has 7 nitrogen and oxygen atoms in total. The maximum atomic E-state index is 13.2. The van der Waals surface area contributed by atoms with Gasteiger partial charge in [-0.15, -0.1) is 0 Å². The molecule has 0 radical (unpaired) electrons. The predicted octanol–water partition coefficient (Wildman–Crippen LogP) is 2.76. The number of anilines is 1. The highest BCUT2D eigenvalue weighted by atomic mass is 19.1. The van der Waals surface area contributed by atoms with Gasteiger partial charge in [0.25, 0.3) is 0 Å². The van der Waals surface area contributed by atoms with Crippen LogP contribution in [0.2, 0.25) is 0 Å². The van der Waals surface area contributed by atoms with Crippen LogP contribution in [0, 0.1) is 5.82 Å². The molecule has 1 saturated heterocycles. The summed E-state index contributed by atoms with van der Waals surface area (Å²) in [5.74, 6) is -0.815. The predicted molar refractivity (Wildman–Crippen MR) is 128 cm³/mol. The van der Waals surface area contributed by atoms with Crippen molar-refractivity contribution in [3.63, 3.8) is 0 Å². The highest BCUT2D eigenvalue weighted by Gasteiger charge is 2.28. The van der Waals surface area contributed by atoms with Crippen LogP contribution in [-0.2, 0) is 16.0 Å². The van der Waals surface area contributed by atoms with Gasteiger partial charge >= 0.3 is 11.8 Å². The molecule has 4 rings (SSSR count). The summed E-state index contributed by atoms with van der Waals surface area (Å²) in [7, 11) is 0. The molecule has 1 aromatic heterocycles. The smallest absolute Gasteiger partial charge is 0.309 e. The molecule has 2 aromatic carbocycles. The van der Waals surface area contributed by atoms with E-state index in [4.69, 9.17) is 4.42 Å². The number of amides is 2. The van der Waals surface area contributed by atoms with Crippen LogP contribution >= 0.6 is 0 Å². The van der Waals surface area contributed by atoms with Crippen LogP contribution in [0.5, 0.6) is 0 Å². The van der Waals surface area contributed by atoms with Gasteiger partial charge in [-0.2, -0.15) is 0 Å². The van der Waals surface area contributed by atoms with Gasteiger partial charge in [0.15, 0.2) is 0 Å². The van der Waals surface area contributed by atoms with Gasteiger partial charge in [-0.3, -0.25) is 14.5 Å². The maximum Gasteiger partial charge on any atom is 0.309 e. The number of nitrogens with zero attached hydrogens (tertiary/aromatic N) is 2. The second kappa shape index (κ2) is 11.5. The Morgan fingerprint density at radius 1 is 0.882 bits per heavy atom. The van der Waals surface area contributed by atoms with E-state index in [1.165, 1.54) is 12.1 Å². The lowest BCUT2D eigenvalue weighted by Gasteiger charge is -2.39. The minimum absolute atomic E-state index is 0.188. The van der Waals surface area contributed by atoms with Gasteiger partial charge in [0.1, 0.15) is 11.6 Å². The van der Waals surface area contributed by atoms with Gasteiger partial charge in [0, 0.05) is 45.0 Å². The largest absolute Gasteiger partial charge is 0.468 e. The number of carbonyl (C=O) groups is 2. The number of hydrogen-bond donors (Lipinski definition) is 2. The van der Waals surface area contributed by atoms with Crippen molar-refractivity contribution < 1.29 is 18.4 Å². The lowest BCUT2D eigenvalue weighted by molar-refractivity contribution is -0.139. The summed E-state index contributed by atoms with van der Waals surface area (Å²) in [6.45, 7) is 3.65. The van der Waals surface area contributed by atoms with Crippen LogP contribution in [0.25, 0.3) is 0 Å². The molecule has 2 amide bonds. The molecule has 1 fully saturated rings. The van der Waals surface area contributed by atoms with Crippen molar-refractivity contribution in [3.05, 3.63) is 90.1 Å². The van der Waals surface area contributed by atoms with Gasteiger partial charge in [-0.25, -0.2) is 4.39 Å². The van der Waals surface area contributed by atoms with E-state index in [0.29, 0.717) is 13.0 Å². The number of benzene rings is 2. The molecule has 0 saturated carbocycles. The second-order valence-corrected chi connectivity index (χ2v) is 8.23. The topological polar surface area (TPSA) is 77.8 Å². The normalized spacial score (nSPS) is 15.0. The average Bonchev–Trinajstić information content (AvgIpc) is 3.40. The second-order valence-electron chi connectivity index (χ2n) is 8.23. The van der Waals surface area contributed by atoms with E-state index < -0.39 is 11.8 Å². The Kier molecular flexibility index (Phi) is 7.93. The Morgan fingerprint density at radius 3 is 2.26 bits per heavy atom. The molecule has 1 aliphatic heterocycles. The first-order valence-corrected chi connectivity index (χ1v) is 11.5. The van der Waals surface area contributed by atoms with E-state index in [-0.39, 0.29) is 18.4 Å². The van der Waals surface area contributed by atoms with Crippen molar-refractivity contribution in [2.75, 3.05) is 44.2 Å². The van der Waals surface area contributed by atoms with Crippen LogP contribution in [0.3, 0.4) is 0 Å². The summed E-state index contributed by atoms with van der Waals surface area (Å²) < 4.78 is 18.9. The van der Waals surface area contributed by atoms with E-state index >= 15 is 0 Å². The zero-order valence-corrected chi connectivity index (χ0v) is 19.0. The maximum absolute atomic E-state index is 13.2. The number of piperazine rings is 1. The minimum atomic E-state index is -0.658. The van der Waals surface area contributed by atoms with Crippen molar-refractivity contribution in [1.29, 1.82) is 0 Å². The zero-order chi connectivity index (χ0) is 23.8. The number of rotatable bonds is 8. The fourth-order valence-electron chi connectivity index (χ4n) is 4.15. The Balaban J connectivity index is 1.28. The summed E-state index contributed by atoms with van der Waals surface area (Å²) in [5, 5.41) is 5.43. The molecule has 1 unspecified atom stereocenters. The van der Waals surface area contributed by atoms with Gasteiger partial charge in [0.2, 0.25) is 0 Å². The van der Waals surface area contributed by atoms with E-state index in [0.717, 1.165) is 43.2 Å². The third-order valence-corrected chi connectivity index (χ3v) is 6.02. The summed E-state index contributed by atoms with van der Waals surface area (Å²) in [5.41, 5.74) is 2.08. The van der Waals surface area contributed by atoms with E-state index in [1.54, 1.807) is 18.4 Å². The van der Waals surface area contributed by atoms with E-state index in [2.05, 4.69) is 20.4 Å². The lowest BCUT2D eigenvalue weighted by atomic mass is 10.1. The summed E-state index contributed by atoms with van der Waals surface area (Å²) in [6, 6.07) is 19.8. The molecule has 8 heteroatoms. The van der Waals surface area contributed by atoms with Gasteiger partial charge in [-0.1, -0.05) is 30.3 Å². The third kappa shape index (κ3) is 6.23. The average molecular weight is 465 g/mol. The molecule has 34 heavy (non-hydrogen) atoms. The van der Waals surface area contributed by atoms with Gasteiger partial charge in [0.05, 0.1) is 12.3 Å². The van der Waals surface area contributed by atoms with Gasteiger partial charge in [-0.05, 0) is 48.4 Å². The summed E-state index contributed by atoms with van der Waals surface area (Å²) >= 11 is 0. The molecule has 1 aliphatic rings. The third-order valence-electron chi connectivity index (χ3n) is 6.02. The highest BCUT2D eigenvalue weighted by molar-refractivity contribution is 6.35. The molecule has 0 aliphatic carbocycles. The van der Waals surface area contributed by atoms with Crippen LogP contribution in [0.1, 0.15) is 17.4 Å². The van der Waals surface area contributed by atoms with E-state index in [9.17, 15) is 14.0 Å². The number of furan rings is 1. The first-order chi connectivity index (χ1) is 16.6. The van der Waals surface area contributed by atoms with Crippen LogP contribution in [0.4, 0.5) is 10.1 Å². The first kappa shape index (κ1) is 23.5. The molecular weight excluding hydrogens is 435 g/mol. The van der Waals surface area contributed by atoms with Crippen LogP contribution < -0.4 is 15.5 Å². The quantitative estimate of drug-likeness (QED) is 0.502. The van der Waals surface area contributed by atoms with Crippen LogP contribution in [-0.4, -0.2) is 56.0 Å². The molecule has 2 N–H and O–H groups in total. The van der Waals surface area contributed by atoms with Crippen molar-refractivity contribution in [3.8, 4) is 0 Å². The molecular formula is C26H29FN4O3. The van der Waals surface area contributed by atoms with Crippen molar-refractivity contribution >= 4 is 17.5 Å². The van der Waals surface area contributed by atoms with Crippen molar-refractivity contribution in [1.82, 2.24) is 15.5 Å². The van der Waals surface area contributed by atoms with Crippen LogP contribution in [0.15, 0.2) is 77.4 Å². The Morgan fingerprint density at radius 2 is 1.59 bits per heavy atom. The molecule has 3 aromatic rings. The number of halogens is 1. The SMILES string of the molecule is O=C(NCCc1ccccc1)C(=O)NCC(c1ccco1)N1CCN(c2ccc(F)cc2)CC1. The van der Waals surface area contributed by atoms with Crippen molar-refractivity contribution in [2.24, 2.45) is 0 Å². The standard InChI is InChI=1S/C26H29FN4O3/c27-21-8-10-22(11-9-21)30-14-16-31(17-15-30)23(24-7-4-18-34-24)19-29-26(33)25(32)28-13-12-20-5-2-1-3-6-20/h1-11,18,23H,12-17,19H2,(H,28,32)(H,29,33). The molecule has 2 heterocycles. The minimum Gasteiger partial charge on any atom is -0.468 e. The monoisotopic (exact) mass is 464 g/mol. The molecule has 178 valence electrons. The van der Waals surface area contributed by atoms with Gasteiger partial charge < -0.3 is 20.0 Å². The van der Waals surface area contributed by atoms with Crippen molar-refractivity contribution in [2.45, 2.75) is 12.5 Å². The summed E-state index contributed by atoms with van der Waals surface area (Å²) in [6.07, 6.45) is 2.27. The fraction of sp³-hybridized carbons (Fsp3) is 0.308. The number of hydrogen-bond acceptors (Lipinski definition) is 5. The number of nitrogens with one attached hydrogen (secondary N) is 2. The summed E-state index contributed by atoms with van der Waals surface area (Å²) in [4.78, 5) is 29.1. The Hall–Kier alpha value is -3.65. The molecule has 1 atom stereocenters. The number of carbonyl (C=O) groups excluding carboxylic acids is 2. The Labute approximate surface area is 198 Å². The van der Waals surface area contributed by atoms with E-state index in [1.807, 2.05) is 42.5 Å². The first-order valence-electron chi connectivity index (χ1n) is 11.5. The molecule has 0 spiro atoms. The lowest BCUT2D eigenvalue weighted by Crippen LogP contribution is -2.50. The zero-order valence-electron chi connectivity index (χ0n) is 19.0. The molecule has 0 bridgehead atoms. The fourth-order valence-corrected chi connectivity index (χ4v) is 4.15. The Bertz CT molecular complexity index is 1050.